The SMILES string of the molecule is CCC.CCC(C)C(C(CC(=O)N1CCCC1C(OC)C(C)C(=O)NCCO)OC)N(C)C(=O)CNC(=O)C1C2CCC(C2)N1C.Cc1ccccc1. The Morgan fingerprint density at radius 1 is 1.00 bits per heavy atom. The third-order valence-corrected chi connectivity index (χ3v) is 11.2. The predicted molar refractivity (Wildman–Crippen MR) is 209 cm³/mol. The van der Waals surface area contributed by atoms with E-state index in [9.17, 15) is 19.2 Å². The van der Waals surface area contributed by atoms with Gasteiger partial charge >= 0.3 is 0 Å². The van der Waals surface area contributed by atoms with Crippen molar-refractivity contribution < 1.29 is 33.8 Å². The van der Waals surface area contributed by atoms with Gasteiger partial charge in [-0.1, -0.05) is 83.4 Å². The Kier molecular flexibility index (Phi) is 20.6. The van der Waals surface area contributed by atoms with Gasteiger partial charge < -0.3 is 35.0 Å². The van der Waals surface area contributed by atoms with Crippen LogP contribution >= 0.6 is 0 Å². The second kappa shape index (κ2) is 23.7. The summed E-state index contributed by atoms with van der Waals surface area (Å²) in [7, 11) is 6.82. The molecule has 1 aliphatic carbocycles. The molecule has 1 saturated carbocycles. The number of amides is 4. The number of piperidine rings is 1. The van der Waals surface area contributed by atoms with E-state index in [1.54, 1.807) is 38.0 Å². The fourth-order valence-corrected chi connectivity index (χ4v) is 8.20. The van der Waals surface area contributed by atoms with Gasteiger partial charge in [-0.05, 0) is 57.9 Å². The number of fused-ring (bicyclic) bond motifs is 2. The van der Waals surface area contributed by atoms with Crippen molar-refractivity contribution >= 4 is 23.6 Å². The molecular formula is C41H71N5O7. The number of likely N-dealkylation sites (tertiary alicyclic amines) is 2. The third kappa shape index (κ3) is 13.0. The summed E-state index contributed by atoms with van der Waals surface area (Å²) in [6.07, 6.45) is 5.77. The highest BCUT2D eigenvalue weighted by Crippen LogP contribution is 2.41. The van der Waals surface area contributed by atoms with Crippen molar-refractivity contribution in [3.63, 3.8) is 0 Å². The summed E-state index contributed by atoms with van der Waals surface area (Å²) in [5, 5.41) is 14.7. The maximum atomic E-state index is 13.8. The Morgan fingerprint density at radius 3 is 2.17 bits per heavy atom. The first-order valence-corrected chi connectivity index (χ1v) is 19.8. The summed E-state index contributed by atoms with van der Waals surface area (Å²) in [5.74, 6) is -0.784. The second-order valence-electron chi connectivity index (χ2n) is 15.1. The minimum absolute atomic E-state index is 0.0374. The van der Waals surface area contributed by atoms with Crippen LogP contribution in [0.2, 0.25) is 0 Å². The van der Waals surface area contributed by atoms with Crippen LogP contribution in [-0.2, 0) is 28.7 Å². The van der Waals surface area contributed by atoms with Crippen molar-refractivity contribution in [2.24, 2.45) is 17.8 Å². The molecule has 0 spiro atoms. The molecule has 1 aromatic rings. The van der Waals surface area contributed by atoms with Crippen LogP contribution in [0, 0.1) is 24.7 Å². The van der Waals surface area contributed by atoms with Crippen molar-refractivity contribution in [1.29, 1.82) is 0 Å². The summed E-state index contributed by atoms with van der Waals surface area (Å²) in [4.78, 5) is 58.4. The number of hydrogen-bond donors (Lipinski definition) is 3. The zero-order chi connectivity index (χ0) is 39.7. The lowest BCUT2D eigenvalue weighted by Crippen LogP contribution is -2.55. The number of aryl methyl sites for hydroxylation is 1. The molecule has 0 aromatic heterocycles. The maximum absolute atomic E-state index is 13.8. The number of nitrogens with one attached hydrogen (secondary N) is 2. The molecule has 12 heteroatoms. The number of carbonyl (C=O) groups excluding carboxylic acids is 4. The Balaban J connectivity index is 0.000000845. The van der Waals surface area contributed by atoms with Crippen LogP contribution in [0.25, 0.3) is 0 Å². The number of likely N-dealkylation sites (N-methyl/N-ethyl adjacent to an activating group) is 2. The molecule has 9 atom stereocenters. The van der Waals surface area contributed by atoms with Gasteiger partial charge in [-0.3, -0.25) is 24.1 Å². The van der Waals surface area contributed by atoms with Crippen molar-refractivity contribution in [3.8, 4) is 0 Å². The molecule has 3 N–H and O–H groups in total. The van der Waals surface area contributed by atoms with Gasteiger partial charge in [0.1, 0.15) is 0 Å². The highest BCUT2D eigenvalue weighted by molar-refractivity contribution is 5.88. The van der Waals surface area contributed by atoms with Gasteiger partial charge in [0.2, 0.25) is 23.6 Å². The molecule has 9 unspecified atom stereocenters. The number of aliphatic hydroxyl groups is 1. The van der Waals surface area contributed by atoms with Crippen molar-refractivity contribution in [1.82, 2.24) is 25.3 Å². The Hall–Kier alpha value is -3.06. The van der Waals surface area contributed by atoms with Gasteiger partial charge in [-0.25, -0.2) is 0 Å². The topological polar surface area (TPSA) is 141 Å². The molecule has 2 heterocycles. The number of ether oxygens (including phenoxy) is 2. The highest BCUT2D eigenvalue weighted by Gasteiger charge is 2.47. The van der Waals surface area contributed by atoms with Crippen LogP contribution in [0.3, 0.4) is 0 Å². The number of carbonyl (C=O) groups is 4. The van der Waals surface area contributed by atoms with Gasteiger partial charge in [0.25, 0.3) is 0 Å². The number of nitrogens with zero attached hydrogens (tertiary/aromatic N) is 3. The van der Waals surface area contributed by atoms with E-state index >= 15 is 0 Å². The lowest BCUT2D eigenvalue weighted by Gasteiger charge is -2.39. The molecule has 3 fully saturated rings. The van der Waals surface area contributed by atoms with Crippen molar-refractivity contribution in [2.75, 3.05) is 54.6 Å². The zero-order valence-electron chi connectivity index (χ0n) is 34.3. The summed E-state index contributed by atoms with van der Waals surface area (Å²) in [6, 6.07) is 9.88. The minimum Gasteiger partial charge on any atom is -0.395 e. The molecule has 53 heavy (non-hydrogen) atoms. The van der Waals surface area contributed by atoms with Gasteiger partial charge in [0.05, 0.1) is 55.8 Å². The monoisotopic (exact) mass is 746 g/mol. The fourth-order valence-electron chi connectivity index (χ4n) is 8.20. The number of methoxy groups -OCH3 is 2. The minimum atomic E-state index is -0.559. The van der Waals surface area contributed by atoms with Crippen LogP contribution in [0.4, 0.5) is 0 Å². The molecule has 3 aliphatic rings. The van der Waals surface area contributed by atoms with E-state index in [1.165, 1.54) is 12.0 Å². The normalized spacial score (nSPS) is 23.3. The van der Waals surface area contributed by atoms with E-state index in [0.29, 0.717) is 24.9 Å². The lowest BCUT2D eigenvalue weighted by atomic mass is 9.90. The van der Waals surface area contributed by atoms with Crippen molar-refractivity contribution in [2.45, 2.75) is 129 Å². The Labute approximate surface area is 319 Å². The summed E-state index contributed by atoms with van der Waals surface area (Å²) in [6.45, 7) is 12.6. The van der Waals surface area contributed by atoms with E-state index in [-0.39, 0.29) is 73.8 Å². The first kappa shape index (κ1) is 46.1. The largest absolute Gasteiger partial charge is 0.395 e. The van der Waals surface area contributed by atoms with Crippen LogP contribution in [0.15, 0.2) is 30.3 Å². The molecule has 12 nitrogen and oxygen atoms in total. The number of aliphatic hydroxyl groups excluding tert-OH is 1. The average Bonchev–Trinajstić information content (AvgIpc) is 3.91. The van der Waals surface area contributed by atoms with E-state index in [0.717, 1.165) is 32.1 Å². The Morgan fingerprint density at radius 2 is 1.66 bits per heavy atom. The molecule has 1 aromatic carbocycles. The zero-order valence-corrected chi connectivity index (χ0v) is 34.3. The molecule has 2 bridgehead atoms. The summed E-state index contributed by atoms with van der Waals surface area (Å²) >= 11 is 0. The molecular weight excluding hydrogens is 674 g/mol. The van der Waals surface area contributed by atoms with Crippen LogP contribution in [0.5, 0.6) is 0 Å². The molecule has 2 saturated heterocycles. The smallest absolute Gasteiger partial charge is 0.242 e. The van der Waals surface area contributed by atoms with E-state index < -0.39 is 18.1 Å². The predicted octanol–water partition coefficient (Wildman–Crippen LogP) is 4.03. The molecule has 4 amide bonds. The van der Waals surface area contributed by atoms with E-state index in [1.807, 2.05) is 39.1 Å². The number of benzene rings is 1. The van der Waals surface area contributed by atoms with Gasteiger partial charge in [0, 0.05) is 40.4 Å². The van der Waals surface area contributed by atoms with Crippen molar-refractivity contribution in [3.05, 3.63) is 35.9 Å². The standard InChI is InChI=1S/C31H55N5O7.C7H8.C3H8/c1-8-19(2)27(35(5)26(39)18-33-31(41)28-21-11-12-22(16-21)34(28)4)24(42-6)17-25(38)36-14-9-10-23(36)29(43-7)20(3)30(40)32-13-15-37;1-7-5-3-2-4-6-7;1-3-2/h19-24,27-29,37H,8-18H2,1-7H3,(H,32,40)(H,33,41);2-6H,1H3;3H2,1-2H3. The molecule has 302 valence electrons. The van der Waals surface area contributed by atoms with Crippen LogP contribution in [-0.4, -0.2) is 134 Å². The summed E-state index contributed by atoms with van der Waals surface area (Å²) in [5.41, 5.74) is 1.32. The van der Waals surface area contributed by atoms with Gasteiger partial charge in [-0.2, -0.15) is 0 Å². The second-order valence-corrected chi connectivity index (χ2v) is 15.1. The molecule has 4 rings (SSSR count). The van der Waals surface area contributed by atoms with Crippen LogP contribution < -0.4 is 10.6 Å². The Bertz CT molecular complexity index is 1250. The number of hydrogen-bond acceptors (Lipinski definition) is 8. The highest BCUT2D eigenvalue weighted by atomic mass is 16.5. The van der Waals surface area contributed by atoms with E-state index in [2.05, 4.69) is 48.4 Å². The fraction of sp³-hybridized carbons (Fsp3) is 0.756. The quantitative estimate of drug-likeness (QED) is 0.231. The summed E-state index contributed by atoms with van der Waals surface area (Å²) < 4.78 is 11.6. The lowest BCUT2D eigenvalue weighted by molar-refractivity contribution is -0.146. The average molecular weight is 746 g/mol. The first-order chi connectivity index (χ1) is 25.3. The van der Waals surface area contributed by atoms with E-state index in [4.69, 9.17) is 14.6 Å². The van der Waals surface area contributed by atoms with Gasteiger partial charge in [-0.15, -0.1) is 0 Å². The van der Waals surface area contributed by atoms with Gasteiger partial charge in [0.15, 0.2) is 0 Å². The van der Waals surface area contributed by atoms with Crippen LogP contribution in [0.1, 0.15) is 91.5 Å². The third-order valence-electron chi connectivity index (χ3n) is 11.2. The number of rotatable bonds is 16. The molecule has 0 radical (unpaired) electrons. The first-order valence-electron chi connectivity index (χ1n) is 19.8. The maximum Gasteiger partial charge on any atom is 0.242 e. The molecule has 2 aliphatic heterocycles.